The monoisotopic (exact) mass is 390 g/mol. The highest BCUT2D eigenvalue weighted by Crippen LogP contribution is 2.23. The van der Waals surface area contributed by atoms with Crippen LogP contribution in [-0.2, 0) is 13.1 Å². The number of aromatic nitrogens is 3. The van der Waals surface area contributed by atoms with Crippen LogP contribution < -0.4 is 9.54 Å². The first kappa shape index (κ1) is 18.3. The molecule has 2 aromatic heterocycles. The molecule has 5 nitrogen and oxygen atoms in total. The Morgan fingerprint density at radius 1 is 1.00 bits per heavy atom. The summed E-state index contributed by atoms with van der Waals surface area (Å²) in [7, 11) is 0. The molecule has 4 rings (SSSR count). The first-order valence-electron chi connectivity index (χ1n) is 9.26. The maximum Gasteiger partial charge on any atom is 0.190 e. The molecular formula is C22H22N4OS. The summed E-state index contributed by atoms with van der Waals surface area (Å²) in [6.45, 7) is 4.01. The molecule has 4 aromatic rings. The molecule has 0 bridgehead atoms. The van der Waals surface area contributed by atoms with Crippen molar-refractivity contribution in [1.82, 2.24) is 14.1 Å². The highest BCUT2D eigenvalue weighted by Gasteiger charge is 2.03. The Morgan fingerprint density at radius 3 is 2.54 bits per heavy atom. The molecule has 28 heavy (non-hydrogen) atoms. The van der Waals surface area contributed by atoms with Crippen molar-refractivity contribution in [3.8, 4) is 11.5 Å². The third-order valence-corrected chi connectivity index (χ3v) is 5.37. The molecule has 0 unspecified atom stereocenters. The first-order valence-corrected chi connectivity index (χ1v) is 10.1. The molecule has 0 amide bonds. The summed E-state index contributed by atoms with van der Waals surface area (Å²) < 4.78 is 10.2. The van der Waals surface area contributed by atoms with Crippen LogP contribution in [0.2, 0.25) is 0 Å². The lowest BCUT2D eigenvalue weighted by atomic mass is 10.3. The second-order valence-corrected chi connectivity index (χ2v) is 7.32. The number of ether oxygens (including phenoxy) is 1. The number of hydrogen-bond donors (Lipinski definition) is 0. The van der Waals surface area contributed by atoms with Gasteiger partial charge in [0.05, 0.1) is 12.0 Å². The zero-order chi connectivity index (χ0) is 19.2. The summed E-state index contributed by atoms with van der Waals surface area (Å²) in [5, 5.41) is 2.16. The Balaban J connectivity index is 1.46. The summed E-state index contributed by atoms with van der Waals surface area (Å²) in [6.07, 6.45) is 6.70. The van der Waals surface area contributed by atoms with Gasteiger partial charge in [0.25, 0.3) is 0 Å². The highest BCUT2D eigenvalue weighted by molar-refractivity contribution is 7.07. The van der Waals surface area contributed by atoms with Crippen molar-refractivity contribution in [3.63, 3.8) is 0 Å². The Labute approximate surface area is 168 Å². The van der Waals surface area contributed by atoms with Gasteiger partial charge >= 0.3 is 0 Å². The largest absolute Gasteiger partial charge is 0.457 e. The fraction of sp³-hybridized carbons (Fsp3) is 0.182. The molecule has 0 aliphatic carbocycles. The van der Waals surface area contributed by atoms with Gasteiger partial charge in [-0.2, -0.15) is 0 Å². The minimum absolute atomic E-state index is 0.806. The lowest BCUT2D eigenvalue weighted by Gasteiger charge is -2.07. The fourth-order valence-corrected chi connectivity index (χ4v) is 3.85. The van der Waals surface area contributed by atoms with Gasteiger partial charge in [0.15, 0.2) is 4.80 Å². The van der Waals surface area contributed by atoms with Crippen LogP contribution in [0.1, 0.15) is 12.1 Å². The van der Waals surface area contributed by atoms with Gasteiger partial charge < -0.3 is 13.9 Å². The van der Waals surface area contributed by atoms with E-state index in [1.165, 1.54) is 5.69 Å². The number of benzene rings is 2. The zero-order valence-corrected chi connectivity index (χ0v) is 16.5. The van der Waals surface area contributed by atoms with Crippen molar-refractivity contribution >= 4 is 17.0 Å². The SMILES string of the molecule is Cc1csc(=Nc2ccc(Oc3ccccc3)cc2)n1CCCn1ccnc1. The Kier molecular flexibility index (Phi) is 5.68. The van der Waals surface area contributed by atoms with Gasteiger partial charge in [0.1, 0.15) is 11.5 Å². The standard InChI is InChI=1S/C22H22N4OS/c1-18-16-28-22(26(18)14-5-13-25-15-12-23-17-25)24-19-8-10-21(11-9-19)27-20-6-3-2-4-7-20/h2-4,6-12,15-17H,5,13-14H2,1H3. The highest BCUT2D eigenvalue weighted by atomic mass is 32.1. The van der Waals surface area contributed by atoms with Crippen molar-refractivity contribution in [1.29, 1.82) is 0 Å². The van der Waals surface area contributed by atoms with Gasteiger partial charge in [-0.05, 0) is 49.7 Å². The number of imidazole rings is 1. The van der Waals surface area contributed by atoms with E-state index in [-0.39, 0.29) is 0 Å². The molecule has 0 aliphatic rings. The van der Waals surface area contributed by atoms with Crippen LogP contribution in [0.15, 0.2) is 83.7 Å². The van der Waals surface area contributed by atoms with E-state index < -0.39 is 0 Å². The maximum absolute atomic E-state index is 5.85. The van der Waals surface area contributed by atoms with E-state index in [0.717, 1.165) is 41.5 Å². The maximum atomic E-state index is 5.85. The Hall–Kier alpha value is -3.12. The van der Waals surface area contributed by atoms with Crippen LogP contribution in [0.4, 0.5) is 5.69 Å². The van der Waals surface area contributed by atoms with Gasteiger partial charge in [0, 0.05) is 36.6 Å². The van der Waals surface area contributed by atoms with E-state index in [2.05, 4.69) is 26.4 Å². The van der Waals surface area contributed by atoms with Gasteiger partial charge in [-0.15, -0.1) is 11.3 Å². The van der Waals surface area contributed by atoms with Crippen molar-refractivity contribution < 1.29 is 4.74 Å². The van der Waals surface area contributed by atoms with Crippen molar-refractivity contribution in [2.45, 2.75) is 26.4 Å². The molecule has 2 heterocycles. The van der Waals surface area contributed by atoms with Crippen LogP contribution in [0.25, 0.3) is 0 Å². The zero-order valence-electron chi connectivity index (χ0n) is 15.7. The Morgan fingerprint density at radius 2 is 1.79 bits per heavy atom. The average molecular weight is 391 g/mol. The summed E-state index contributed by atoms with van der Waals surface area (Å²) in [5.74, 6) is 1.64. The number of rotatable bonds is 7. The van der Waals surface area contributed by atoms with Gasteiger partial charge in [-0.25, -0.2) is 9.98 Å². The smallest absolute Gasteiger partial charge is 0.190 e. The van der Waals surface area contributed by atoms with Crippen LogP contribution in [0.5, 0.6) is 11.5 Å². The Bertz CT molecular complexity index is 1060. The van der Waals surface area contributed by atoms with Crippen LogP contribution in [0, 0.1) is 6.92 Å². The number of aryl methyl sites for hydroxylation is 2. The van der Waals surface area contributed by atoms with Crippen LogP contribution >= 0.6 is 11.3 Å². The molecule has 0 aliphatic heterocycles. The minimum Gasteiger partial charge on any atom is -0.457 e. The molecule has 0 spiro atoms. The molecule has 0 radical (unpaired) electrons. The topological polar surface area (TPSA) is 44.3 Å². The summed E-state index contributed by atoms with van der Waals surface area (Å²) in [5.41, 5.74) is 2.16. The quantitative estimate of drug-likeness (QED) is 0.437. The molecule has 0 atom stereocenters. The van der Waals surface area contributed by atoms with Crippen LogP contribution in [-0.4, -0.2) is 14.1 Å². The molecule has 2 aromatic carbocycles. The van der Waals surface area contributed by atoms with Gasteiger partial charge in [-0.1, -0.05) is 18.2 Å². The molecule has 6 heteroatoms. The number of para-hydroxylation sites is 1. The van der Waals surface area contributed by atoms with E-state index in [4.69, 9.17) is 9.73 Å². The van der Waals surface area contributed by atoms with E-state index in [1.54, 1.807) is 11.3 Å². The van der Waals surface area contributed by atoms with E-state index in [1.807, 2.05) is 73.3 Å². The van der Waals surface area contributed by atoms with Gasteiger partial charge in [-0.3, -0.25) is 0 Å². The lowest BCUT2D eigenvalue weighted by molar-refractivity contribution is 0.483. The molecule has 0 saturated carbocycles. The first-order chi connectivity index (χ1) is 13.8. The van der Waals surface area contributed by atoms with Crippen molar-refractivity contribution in [2.75, 3.05) is 0 Å². The lowest BCUT2D eigenvalue weighted by Crippen LogP contribution is -2.17. The summed E-state index contributed by atoms with van der Waals surface area (Å²) >= 11 is 1.67. The van der Waals surface area contributed by atoms with Crippen LogP contribution in [0.3, 0.4) is 0 Å². The third kappa shape index (κ3) is 4.58. The van der Waals surface area contributed by atoms with Crippen molar-refractivity contribution in [3.05, 3.63) is 89.2 Å². The van der Waals surface area contributed by atoms with Gasteiger partial charge in [0.2, 0.25) is 0 Å². The summed E-state index contributed by atoms with van der Waals surface area (Å²) in [6, 6.07) is 17.7. The number of hydrogen-bond acceptors (Lipinski definition) is 4. The van der Waals surface area contributed by atoms with E-state index >= 15 is 0 Å². The predicted octanol–water partition coefficient (Wildman–Crippen LogP) is 5.17. The fourth-order valence-electron chi connectivity index (χ4n) is 2.93. The minimum atomic E-state index is 0.806. The average Bonchev–Trinajstić information content (AvgIpc) is 3.35. The summed E-state index contributed by atoms with van der Waals surface area (Å²) in [4.78, 5) is 9.94. The number of thiazole rings is 1. The van der Waals surface area contributed by atoms with E-state index in [9.17, 15) is 0 Å². The number of nitrogens with zero attached hydrogens (tertiary/aromatic N) is 4. The molecule has 0 fully saturated rings. The molecule has 0 saturated heterocycles. The molecule has 0 N–H and O–H groups in total. The normalized spacial score (nSPS) is 11.7. The third-order valence-electron chi connectivity index (χ3n) is 4.39. The van der Waals surface area contributed by atoms with E-state index in [0.29, 0.717) is 0 Å². The second-order valence-electron chi connectivity index (χ2n) is 6.49. The van der Waals surface area contributed by atoms with Crippen molar-refractivity contribution in [2.24, 2.45) is 4.99 Å². The molecular weight excluding hydrogens is 368 g/mol. The predicted molar refractivity (Wildman–Crippen MR) is 112 cm³/mol. The second kappa shape index (κ2) is 8.71. The molecule has 142 valence electrons.